The number of ether oxygens (including phenoxy) is 1. The molecule has 0 spiro atoms. The summed E-state index contributed by atoms with van der Waals surface area (Å²) in [5, 5.41) is 21.0. The molecule has 0 aliphatic carbocycles. The van der Waals surface area contributed by atoms with Gasteiger partial charge in [0.25, 0.3) is 0 Å². The van der Waals surface area contributed by atoms with E-state index in [1.54, 1.807) is 13.8 Å². The lowest BCUT2D eigenvalue weighted by Crippen LogP contribution is -2.48. The van der Waals surface area contributed by atoms with Crippen LogP contribution in [0.25, 0.3) is 0 Å². The Morgan fingerprint density at radius 3 is 2.38 bits per heavy atom. The molecule has 0 rings (SSSR count). The molecule has 5 N–H and O–H groups in total. The minimum absolute atomic E-state index is 0.181. The third-order valence-corrected chi connectivity index (χ3v) is 2.31. The maximum Gasteiger partial charge on any atom is 0.217 e. The van der Waals surface area contributed by atoms with Gasteiger partial charge < -0.3 is 26.0 Å². The topological polar surface area (TPSA) is 105 Å². The van der Waals surface area contributed by atoms with Crippen LogP contribution in [0.2, 0.25) is 0 Å². The molecule has 16 heavy (non-hydrogen) atoms. The first-order chi connectivity index (χ1) is 7.42. The van der Waals surface area contributed by atoms with Gasteiger partial charge in [0.2, 0.25) is 5.91 Å². The van der Waals surface area contributed by atoms with E-state index < -0.39 is 24.4 Å². The molecule has 96 valence electrons. The Balaban J connectivity index is 4.28. The van der Waals surface area contributed by atoms with Gasteiger partial charge in [-0.15, -0.1) is 0 Å². The number of amides is 1. The van der Waals surface area contributed by atoms with Gasteiger partial charge >= 0.3 is 0 Å². The smallest absolute Gasteiger partial charge is 0.217 e. The first kappa shape index (κ1) is 15.3. The zero-order valence-electron chi connectivity index (χ0n) is 10.0. The lowest BCUT2D eigenvalue weighted by Gasteiger charge is -2.28. The summed E-state index contributed by atoms with van der Waals surface area (Å²) in [7, 11) is 0. The fraction of sp³-hybridized carbons (Fsp3) is 0.900. The Morgan fingerprint density at radius 2 is 2.06 bits per heavy atom. The molecule has 0 aliphatic heterocycles. The molecule has 2 unspecified atom stereocenters. The summed E-state index contributed by atoms with van der Waals surface area (Å²) in [6.45, 7) is 4.61. The van der Waals surface area contributed by atoms with E-state index in [2.05, 4.69) is 5.32 Å². The third kappa shape index (κ3) is 5.41. The highest BCUT2D eigenvalue weighted by molar-refractivity contribution is 5.73. The van der Waals surface area contributed by atoms with E-state index in [0.717, 1.165) is 0 Å². The minimum atomic E-state index is -0.691. The molecule has 0 aliphatic rings. The maximum atomic E-state index is 10.9. The summed E-state index contributed by atoms with van der Waals surface area (Å²) in [5.41, 5.74) is 5.43. The third-order valence-electron chi connectivity index (χ3n) is 2.31. The van der Waals surface area contributed by atoms with Crippen LogP contribution in [0.5, 0.6) is 0 Å². The number of aliphatic hydroxyl groups excluding tert-OH is 2. The van der Waals surface area contributed by atoms with Crippen molar-refractivity contribution in [1.82, 2.24) is 5.32 Å². The Morgan fingerprint density at radius 1 is 1.50 bits per heavy atom. The van der Waals surface area contributed by atoms with Gasteiger partial charge in [-0.2, -0.15) is 0 Å². The van der Waals surface area contributed by atoms with E-state index in [1.807, 2.05) is 0 Å². The quantitative estimate of drug-likeness (QED) is 0.433. The predicted molar refractivity (Wildman–Crippen MR) is 59.8 cm³/mol. The second kappa shape index (κ2) is 7.56. The van der Waals surface area contributed by atoms with Crippen LogP contribution in [0.3, 0.4) is 0 Å². The number of carbonyl (C=O) groups excluding carboxylic acids is 1. The summed E-state index contributed by atoms with van der Waals surface area (Å²) < 4.78 is 5.47. The molecule has 0 bridgehead atoms. The van der Waals surface area contributed by atoms with E-state index in [4.69, 9.17) is 15.6 Å². The molecule has 0 saturated heterocycles. The van der Waals surface area contributed by atoms with Gasteiger partial charge in [-0.1, -0.05) is 0 Å². The van der Waals surface area contributed by atoms with Gasteiger partial charge in [0, 0.05) is 13.5 Å². The van der Waals surface area contributed by atoms with E-state index >= 15 is 0 Å². The Bertz CT molecular complexity index is 211. The van der Waals surface area contributed by atoms with E-state index in [-0.39, 0.29) is 19.1 Å². The maximum absolute atomic E-state index is 10.9. The second-order valence-corrected chi connectivity index (χ2v) is 3.85. The zero-order valence-corrected chi connectivity index (χ0v) is 10.0. The molecule has 1 amide bonds. The van der Waals surface area contributed by atoms with Crippen LogP contribution in [0, 0.1) is 0 Å². The fourth-order valence-corrected chi connectivity index (χ4v) is 1.31. The van der Waals surface area contributed by atoms with Crippen molar-refractivity contribution in [3.05, 3.63) is 0 Å². The van der Waals surface area contributed by atoms with E-state index in [0.29, 0.717) is 0 Å². The SMILES string of the molecule is CC(=O)N[C@@H](CO)C(C)OC(CN)[C@H](C)O. The predicted octanol–water partition coefficient (Wildman–Crippen LogP) is -1.40. The van der Waals surface area contributed by atoms with Crippen LogP contribution in [0.15, 0.2) is 0 Å². The van der Waals surface area contributed by atoms with Gasteiger partial charge in [0.15, 0.2) is 0 Å². The molecule has 6 nitrogen and oxygen atoms in total. The van der Waals surface area contributed by atoms with Crippen LogP contribution in [0.1, 0.15) is 20.8 Å². The number of aliphatic hydroxyl groups is 2. The van der Waals surface area contributed by atoms with Crippen molar-refractivity contribution in [3.8, 4) is 0 Å². The zero-order chi connectivity index (χ0) is 12.7. The standard InChI is InChI=1S/C10H22N2O4/c1-6(14)10(4-11)16-7(2)9(5-13)12-8(3)15/h6-7,9-10,13-14H,4-5,11H2,1-3H3,(H,12,15)/t6-,7?,9-,10?/m0/s1. The number of nitrogens with one attached hydrogen (secondary N) is 1. The lowest BCUT2D eigenvalue weighted by atomic mass is 10.1. The summed E-state index contributed by atoms with van der Waals surface area (Å²) in [6, 6.07) is -0.495. The van der Waals surface area contributed by atoms with Gasteiger partial charge in [-0.25, -0.2) is 0 Å². The van der Waals surface area contributed by atoms with Gasteiger partial charge in [0.1, 0.15) is 0 Å². The van der Waals surface area contributed by atoms with Crippen molar-refractivity contribution >= 4 is 5.91 Å². The van der Waals surface area contributed by atoms with Gasteiger partial charge in [-0.3, -0.25) is 4.79 Å². The molecule has 0 aromatic heterocycles. The number of hydrogen-bond acceptors (Lipinski definition) is 5. The van der Waals surface area contributed by atoms with Crippen LogP contribution in [0.4, 0.5) is 0 Å². The Hall–Kier alpha value is -0.690. The Kier molecular flexibility index (Phi) is 7.24. The normalized spacial score (nSPS) is 18.6. The molecule has 6 heteroatoms. The van der Waals surface area contributed by atoms with Crippen LogP contribution >= 0.6 is 0 Å². The molecule has 0 saturated carbocycles. The largest absolute Gasteiger partial charge is 0.394 e. The molecule has 0 aromatic rings. The summed E-state index contributed by atoms with van der Waals surface area (Å²) >= 11 is 0. The summed E-state index contributed by atoms with van der Waals surface area (Å²) in [4.78, 5) is 10.9. The van der Waals surface area contributed by atoms with Crippen molar-refractivity contribution in [2.75, 3.05) is 13.2 Å². The van der Waals surface area contributed by atoms with Crippen LogP contribution in [-0.2, 0) is 9.53 Å². The lowest BCUT2D eigenvalue weighted by molar-refractivity contribution is -0.123. The molecular formula is C10H22N2O4. The van der Waals surface area contributed by atoms with E-state index in [9.17, 15) is 9.90 Å². The highest BCUT2D eigenvalue weighted by atomic mass is 16.5. The summed E-state index contributed by atoms with van der Waals surface area (Å²) in [5.74, 6) is -0.240. The second-order valence-electron chi connectivity index (χ2n) is 3.85. The van der Waals surface area contributed by atoms with Crippen molar-refractivity contribution in [3.63, 3.8) is 0 Å². The van der Waals surface area contributed by atoms with Crippen molar-refractivity contribution in [1.29, 1.82) is 0 Å². The van der Waals surface area contributed by atoms with Gasteiger partial charge in [-0.05, 0) is 13.8 Å². The molecule has 4 atom stereocenters. The highest BCUT2D eigenvalue weighted by Gasteiger charge is 2.23. The number of hydrogen-bond donors (Lipinski definition) is 4. The average molecular weight is 234 g/mol. The van der Waals surface area contributed by atoms with Crippen molar-refractivity contribution in [2.45, 2.75) is 45.1 Å². The highest BCUT2D eigenvalue weighted by Crippen LogP contribution is 2.06. The first-order valence-corrected chi connectivity index (χ1v) is 5.33. The molecule has 0 radical (unpaired) electrons. The number of carbonyl (C=O) groups is 1. The van der Waals surface area contributed by atoms with Crippen LogP contribution < -0.4 is 11.1 Å². The average Bonchev–Trinajstić information content (AvgIpc) is 2.21. The molecule has 0 aromatic carbocycles. The van der Waals surface area contributed by atoms with Crippen molar-refractivity contribution in [2.24, 2.45) is 5.73 Å². The molecular weight excluding hydrogens is 212 g/mol. The summed E-state index contributed by atoms with van der Waals surface area (Å²) in [6.07, 6.45) is -1.61. The van der Waals surface area contributed by atoms with Gasteiger partial charge in [0.05, 0.1) is 31.0 Å². The fourth-order valence-electron chi connectivity index (χ4n) is 1.31. The molecule has 0 fully saturated rings. The van der Waals surface area contributed by atoms with Crippen LogP contribution in [-0.4, -0.2) is 53.6 Å². The number of nitrogens with two attached hydrogens (primary N) is 1. The Labute approximate surface area is 95.8 Å². The van der Waals surface area contributed by atoms with Crippen molar-refractivity contribution < 1.29 is 19.7 Å². The first-order valence-electron chi connectivity index (χ1n) is 5.33. The molecule has 0 heterocycles. The monoisotopic (exact) mass is 234 g/mol. The number of rotatable bonds is 7. The minimum Gasteiger partial charge on any atom is -0.394 e. The van der Waals surface area contributed by atoms with E-state index in [1.165, 1.54) is 6.92 Å².